The standard InChI is InChI=1S/C21H29N5O2/c1-15-7-5-6-8-17(15)19(27)23-18-9-12-22-26(18)16-10-13-25(14-11-16)20(28)24-21(2,3)4/h5-9,12,16H,10-11,13-14H2,1-4H3,(H,23,27)(H,24,28). The molecule has 1 saturated heterocycles. The molecule has 28 heavy (non-hydrogen) atoms. The van der Waals surface area contributed by atoms with Gasteiger partial charge in [-0.2, -0.15) is 5.10 Å². The minimum atomic E-state index is -0.247. The van der Waals surface area contributed by atoms with Crippen LogP contribution in [0.15, 0.2) is 36.5 Å². The third kappa shape index (κ3) is 4.71. The van der Waals surface area contributed by atoms with E-state index in [4.69, 9.17) is 0 Å². The predicted octanol–water partition coefficient (Wildman–Crippen LogP) is 3.59. The number of aromatic nitrogens is 2. The summed E-state index contributed by atoms with van der Waals surface area (Å²) in [5.41, 5.74) is 1.34. The summed E-state index contributed by atoms with van der Waals surface area (Å²) in [5.74, 6) is 0.549. The summed E-state index contributed by atoms with van der Waals surface area (Å²) in [6.45, 7) is 9.18. The summed E-state index contributed by atoms with van der Waals surface area (Å²) >= 11 is 0. The number of aryl methyl sites for hydroxylation is 1. The molecule has 0 atom stereocenters. The number of hydrogen-bond donors (Lipinski definition) is 2. The molecule has 1 fully saturated rings. The summed E-state index contributed by atoms with van der Waals surface area (Å²) in [6.07, 6.45) is 3.30. The van der Waals surface area contributed by atoms with Crippen molar-refractivity contribution in [3.63, 3.8) is 0 Å². The maximum absolute atomic E-state index is 12.6. The predicted molar refractivity (Wildman–Crippen MR) is 109 cm³/mol. The van der Waals surface area contributed by atoms with Crippen LogP contribution in [-0.4, -0.2) is 45.2 Å². The van der Waals surface area contributed by atoms with Crippen LogP contribution in [0.4, 0.5) is 10.6 Å². The number of urea groups is 1. The van der Waals surface area contributed by atoms with E-state index in [0.717, 1.165) is 18.4 Å². The smallest absolute Gasteiger partial charge is 0.317 e. The van der Waals surface area contributed by atoms with Crippen molar-refractivity contribution in [2.75, 3.05) is 18.4 Å². The maximum atomic E-state index is 12.6. The fourth-order valence-electron chi connectivity index (χ4n) is 3.43. The zero-order valence-corrected chi connectivity index (χ0v) is 17.0. The number of carbonyl (C=O) groups excluding carboxylic acids is 2. The number of likely N-dealkylation sites (tertiary alicyclic amines) is 1. The van der Waals surface area contributed by atoms with Crippen LogP contribution in [0.1, 0.15) is 55.6 Å². The molecule has 2 aromatic rings. The Hall–Kier alpha value is -2.83. The molecule has 150 valence electrons. The van der Waals surface area contributed by atoms with Crippen LogP contribution in [0.2, 0.25) is 0 Å². The first-order chi connectivity index (χ1) is 13.2. The molecule has 7 nitrogen and oxygen atoms in total. The van der Waals surface area contributed by atoms with Crippen LogP contribution in [-0.2, 0) is 0 Å². The average molecular weight is 383 g/mol. The molecule has 0 saturated carbocycles. The van der Waals surface area contributed by atoms with Crippen LogP contribution in [0.25, 0.3) is 0 Å². The van der Waals surface area contributed by atoms with Crippen LogP contribution in [0, 0.1) is 6.92 Å². The molecule has 7 heteroatoms. The highest BCUT2D eigenvalue weighted by atomic mass is 16.2. The van der Waals surface area contributed by atoms with Gasteiger partial charge in [-0.25, -0.2) is 9.48 Å². The van der Waals surface area contributed by atoms with Crippen molar-refractivity contribution in [1.29, 1.82) is 0 Å². The Balaban J connectivity index is 1.63. The number of nitrogens with zero attached hydrogens (tertiary/aromatic N) is 3. The molecule has 3 amide bonds. The first-order valence-corrected chi connectivity index (χ1v) is 9.72. The third-order valence-corrected chi connectivity index (χ3v) is 4.88. The fraction of sp³-hybridized carbons (Fsp3) is 0.476. The van der Waals surface area contributed by atoms with Gasteiger partial charge in [-0.1, -0.05) is 18.2 Å². The van der Waals surface area contributed by atoms with Crippen molar-refractivity contribution in [2.45, 2.75) is 52.1 Å². The molecule has 2 heterocycles. The van der Waals surface area contributed by atoms with Crippen molar-refractivity contribution < 1.29 is 9.59 Å². The number of nitrogens with one attached hydrogen (secondary N) is 2. The summed E-state index contributed by atoms with van der Waals surface area (Å²) in [6, 6.07) is 9.45. The Morgan fingerprint density at radius 3 is 2.43 bits per heavy atom. The molecule has 1 aromatic heterocycles. The Bertz CT molecular complexity index is 844. The van der Waals surface area contributed by atoms with E-state index in [1.807, 2.05) is 67.6 Å². The minimum absolute atomic E-state index is 0.0282. The topological polar surface area (TPSA) is 79.3 Å². The van der Waals surface area contributed by atoms with Crippen molar-refractivity contribution in [2.24, 2.45) is 0 Å². The van der Waals surface area contributed by atoms with Crippen molar-refractivity contribution in [3.05, 3.63) is 47.7 Å². The molecule has 0 radical (unpaired) electrons. The molecule has 0 bridgehead atoms. The van der Waals surface area contributed by atoms with Gasteiger partial charge < -0.3 is 15.5 Å². The maximum Gasteiger partial charge on any atom is 0.317 e. The lowest BCUT2D eigenvalue weighted by atomic mass is 10.1. The Morgan fingerprint density at radius 2 is 1.79 bits per heavy atom. The summed E-state index contributed by atoms with van der Waals surface area (Å²) < 4.78 is 1.87. The molecule has 0 unspecified atom stereocenters. The number of rotatable bonds is 3. The van der Waals surface area contributed by atoms with Crippen LogP contribution >= 0.6 is 0 Å². The highest BCUT2D eigenvalue weighted by molar-refractivity contribution is 6.04. The lowest BCUT2D eigenvalue weighted by Gasteiger charge is -2.34. The third-order valence-electron chi connectivity index (χ3n) is 4.88. The molecule has 1 aliphatic rings. The van der Waals surface area contributed by atoms with Gasteiger partial charge >= 0.3 is 6.03 Å². The van der Waals surface area contributed by atoms with Crippen LogP contribution < -0.4 is 10.6 Å². The molecular formula is C21H29N5O2. The van der Waals surface area contributed by atoms with E-state index < -0.39 is 0 Å². The summed E-state index contributed by atoms with van der Waals surface area (Å²) in [7, 11) is 0. The van der Waals surface area contributed by atoms with E-state index in [1.54, 1.807) is 6.20 Å². The SMILES string of the molecule is Cc1ccccc1C(=O)Nc1ccnn1C1CCN(C(=O)NC(C)(C)C)CC1. The highest BCUT2D eigenvalue weighted by Gasteiger charge is 2.27. The normalized spacial score (nSPS) is 15.4. The van der Waals surface area contributed by atoms with Gasteiger partial charge in [-0.3, -0.25) is 4.79 Å². The van der Waals surface area contributed by atoms with Gasteiger partial charge in [0, 0.05) is 30.3 Å². The van der Waals surface area contributed by atoms with E-state index in [9.17, 15) is 9.59 Å². The number of benzene rings is 1. The van der Waals surface area contributed by atoms with Crippen molar-refractivity contribution in [1.82, 2.24) is 20.0 Å². The minimum Gasteiger partial charge on any atom is -0.333 e. The lowest BCUT2D eigenvalue weighted by molar-refractivity contribution is 0.102. The second-order valence-electron chi connectivity index (χ2n) is 8.33. The first kappa shape index (κ1) is 19.9. The van der Waals surface area contributed by atoms with E-state index in [-0.39, 0.29) is 23.5 Å². The second kappa shape index (κ2) is 8.04. The number of amides is 3. The number of carbonyl (C=O) groups is 2. The Morgan fingerprint density at radius 1 is 1.11 bits per heavy atom. The zero-order chi connectivity index (χ0) is 20.3. The number of hydrogen-bond acceptors (Lipinski definition) is 3. The summed E-state index contributed by atoms with van der Waals surface area (Å²) in [4.78, 5) is 26.8. The van der Waals surface area contributed by atoms with E-state index in [0.29, 0.717) is 24.5 Å². The van der Waals surface area contributed by atoms with E-state index >= 15 is 0 Å². The highest BCUT2D eigenvalue weighted by Crippen LogP contribution is 2.26. The second-order valence-corrected chi connectivity index (χ2v) is 8.33. The number of piperidine rings is 1. The van der Waals surface area contributed by atoms with E-state index in [1.165, 1.54) is 0 Å². The largest absolute Gasteiger partial charge is 0.333 e. The quantitative estimate of drug-likeness (QED) is 0.850. The van der Waals surface area contributed by atoms with Crippen molar-refractivity contribution in [3.8, 4) is 0 Å². The Kier molecular flexibility index (Phi) is 5.72. The van der Waals surface area contributed by atoms with Gasteiger partial charge in [0.1, 0.15) is 5.82 Å². The molecule has 0 spiro atoms. The molecule has 2 N–H and O–H groups in total. The number of anilines is 1. The van der Waals surface area contributed by atoms with Crippen LogP contribution in [0.3, 0.4) is 0 Å². The molecule has 1 aromatic carbocycles. The van der Waals surface area contributed by atoms with Gasteiger partial charge in [-0.05, 0) is 52.2 Å². The monoisotopic (exact) mass is 383 g/mol. The fourth-order valence-corrected chi connectivity index (χ4v) is 3.43. The van der Waals surface area contributed by atoms with Gasteiger partial charge in [-0.15, -0.1) is 0 Å². The molecule has 3 rings (SSSR count). The van der Waals surface area contributed by atoms with E-state index in [2.05, 4.69) is 15.7 Å². The van der Waals surface area contributed by atoms with Crippen molar-refractivity contribution >= 4 is 17.8 Å². The molecule has 0 aliphatic carbocycles. The van der Waals surface area contributed by atoms with Gasteiger partial charge in [0.15, 0.2) is 0 Å². The molecule has 1 aliphatic heterocycles. The lowest BCUT2D eigenvalue weighted by Crippen LogP contribution is -2.50. The molecular weight excluding hydrogens is 354 g/mol. The summed E-state index contributed by atoms with van der Waals surface area (Å²) in [5, 5.41) is 10.4. The Labute approximate surface area is 166 Å². The van der Waals surface area contributed by atoms with Gasteiger partial charge in [0.25, 0.3) is 5.91 Å². The average Bonchev–Trinajstić information content (AvgIpc) is 3.08. The zero-order valence-electron chi connectivity index (χ0n) is 17.0. The first-order valence-electron chi connectivity index (χ1n) is 9.72. The van der Waals surface area contributed by atoms with Crippen LogP contribution in [0.5, 0.6) is 0 Å². The van der Waals surface area contributed by atoms with Gasteiger partial charge in [0.05, 0.1) is 12.2 Å². The van der Waals surface area contributed by atoms with Gasteiger partial charge in [0.2, 0.25) is 0 Å².